The summed E-state index contributed by atoms with van der Waals surface area (Å²) in [5.41, 5.74) is 1.49. The predicted octanol–water partition coefficient (Wildman–Crippen LogP) is 0.290. The van der Waals surface area contributed by atoms with Gasteiger partial charge < -0.3 is 0 Å². The first kappa shape index (κ1) is 7.26. The summed E-state index contributed by atoms with van der Waals surface area (Å²) in [4.78, 5) is 3.06. The van der Waals surface area contributed by atoms with E-state index in [2.05, 4.69) is 36.4 Å². The molecule has 0 bridgehead atoms. The minimum Gasteiger partial charge on any atom is -0.254 e. The van der Waals surface area contributed by atoms with Crippen LogP contribution in [0.2, 0.25) is 0 Å². The highest BCUT2D eigenvalue weighted by molar-refractivity contribution is 5.64. The van der Waals surface area contributed by atoms with Crippen molar-refractivity contribution in [2.75, 3.05) is 7.05 Å². The molecular formula is C9H14N+. The van der Waals surface area contributed by atoms with Crippen molar-refractivity contribution in [1.82, 2.24) is 0 Å². The van der Waals surface area contributed by atoms with Crippen LogP contribution in [0.4, 0.5) is 0 Å². The zero-order valence-electron chi connectivity index (χ0n) is 6.59. The van der Waals surface area contributed by atoms with Crippen molar-refractivity contribution in [3.63, 3.8) is 0 Å². The van der Waals surface area contributed by atoms with Crippen molar-refractivity contribution >= 4 is 6.21 Å². The summed E-state index contributed by atoms with van der Waals surface area (Å²) in [5, 5.41) is 0. The molecule has 0 saturated heterocycles. The van der Waals surface area contributed by atoms with E-state index in [1.54, 1.807) is 0 Å². The third-order valence-electron chi connectivity index (χ3n) is 1.81. The molecule has 0 amide bonds. The second kappa shape index (κ2) is 3.35. The summed E-state index contributed by atoms with van der Waals surface area (Å²) in [6.07, 6.45) is 9.78. The Hall–Kier alpha value is -0.850. The summed E-state index contributed by atoms with van der Waals surface area (Å²) < 4.78 is 0. The van der Waals surface area contributed by atoms with Gasteiger partial charge in [0, 0.05) is 0 Å². The maximum absolute atomic E-state index is 3.06. The van der Waals surface area contributed by atoms with Crippen molar-refractivity contribution in [3.8, 4) is 0 Å². The van der Waals surface area contributed by atoms with Gasteiger partial charge in [-0.1, -0.05) is 30.7 Å². The van der Waals surface area contributed by atoms with Crippen LogP contribution < -0.4 is 4.99 Å². The first-order chi connectivity index (χ1) is 4.88. The van der Waals surface area contributed by atoms with E-state index < -0.39 is 0 Å². The van der Waals surface area contributed by atoms with Gasteiger partial charge in [-0.3, -0.25) is 4.99 Å². The van der Waals surface area contributed by atoms with Crippen LogP contribution in [0.25, 0.3) is 0 Å². The maximum Gasteiger partial charge on any atom is 0.148 e. The Balaban J connectivity index is 2.62. The number of hydrogen-bond donors (Lipinski definition) is 1. The van der Waals surface area contributed by atoms with Gasteiger partial charge in [0.15, 0.2) is 0 Å². The van der Waals surface area contributed by atoms with Crippen molar-refractivity contribution in [1.29, 1.82) is 0 Å². The van der Waals surface area contributed by atoms with E-state index >= 15 is 0 Å². The molecule has 0 aromatic carbocycles. The zero-order chi connectivity index (χ0) is 7.40. The quantitative estimate of drug-likeness (QED) is 0.524. The minimum atomic E-state index is 0.537. The number of hydrogen-bond acceptors (Lipinski definition) is 0. The van der Waals surface area contributed by atoms with Gasteiger partial charge in [-0.05, 0) is 6.42 Å². The van der Waals surface area contributed by atoms with Gasteiger partial charge in [-0.15, -0.1) is 0 Å². The topological polar surface area (TPSA) is 14.0 Å². The fourth-order valence-corrected chi connectivity index (χ4v) is 1.23. The zero-order valence-corrected chi connectivity index (χ0v) is 6.59. The molecule has 0 aliphatic heterocycles. The Morgan fingerprint density at radius 2 is 2.50 bits per heavy atom. The van der Waals surface area contributed by atoms with E-state index in [4.69, 9.17) is 0 Å². The summed E-state index contributed by atoms with van der Waals surface area (Å²) in [6.45, 7) is 2.19. The largest absolute Gasteiger partial charge is 0.254 e. The van der Waals surface area contributed by atoms with Crippen LogP contribution in [0, 0.1) is 5.92 Å². The average molecular weight is 136 g/mol. The molecule has 1 aliphatic rings. The lowest BCUT2D eigenvalue weighted by atomic mass is 10.0. The molecule has 0 radical (unpaired) electrons. The molecule has 0 aromatic rings. The molecule has 10 heavy (non-hydrogen) atoms. The van der Waals surface area contributed by atoms with Crippen LogP contribution in [0.5, 0.6) is 0 Å². The van der Waals surface area contributed by atoms with E-state index in [9.17, 15) is 0 Å². The predicted molar refractivity (Wildman–Crippen MR) is 44.0 cm³/mol. The second-order valence-electron chi connectivity index (χ2n) is 2.46. The number of allylic oxidation sites excluding steroid dienone is 4. The first-order valence-corrected chi connectivity index (χ1v) is 3.76. The Labute approximate surface area is 62.2 Å². The fraction of sp³-hybridized carbons (Fsp3) is 0.444. The summed E-state index contributed by atoms with van der Waals surface area (Å²) >= 11 is 0. The number of nitrogens with one attached hydrogen (secondary N) is 1. The molecule has 0 spiro atoms. The van der Waals surface area contributed by atoms with Crippen molar-refractivity contribution in [2.24, 2.45) is 5.92 Å². The van der Waals surface area contributed by atoms with E-state index in [0.29, 0.717) is 5.92 Å². The third kappa shape index (κ3) is 1.35. The summed E-state index contributed by atoms with van der Waals surface area (Å²) in [6, 6.07) is 0. The molecule has 1 unspecified atom stereocenters. The van der Waals surface area contributed by atoms with Crippen molar-refractivity contribution in [3.05, 3.63) is 23.8 Å². The van der Waals surface area contributed by atoms with Crippen LogP contribution in [-0.4, -0.2) is 13.3 Å². The minimum absolute atomic E-state index is 0.537. The molecule has 1 heteroatoms. The second-order valence-corrected chi connectivity index (χ2v) is 2.46. The normalized spacial score (nSPS) is 24.2. The highest BCUT2D eigenvalue weighted by Crippen LogP contribution is 2.18. The Kier molecular flexibility index (Phi) is 2.43. The van der Waals surface area contributed by atoms with Crippen LogP contribution in [0.3, 0.4) is 0 Å². The monoisotopic (exact) mass is 136 g/mol. The number of rotatable bonds is 2. The highest BCUT2D eigenvalue weighted by Gasteiger charge is 2.11. The van der Waals surface area contributed by atoms with E-state index in [0.717, 1.165) is 6.42 Å². The van der Waals surface area contributed by atoms with Gasteiger partial charge in [-0.25, -0.2) is 0 Å². The molecule has 1 N–H and O–H groups in total. The molecule has 0 saturated carbocycles. The molecule has 1 rings (SSSR count). The lowest BCUT2D eigenvalue weighted by molar-refractivity contribution is -0.416. The van der Waals surface area contributed by atoms with Crippen LogP contribution in [0.15, 0.2) is 23.8 Å². The van der Waals surface area contributed by atoms with Gasteiger partial charge in [0.1, 0.15) is 13.3 Å². The Morgan fingerprint density at radius 3 is 3.10 bits per heavy atom. The van der Waals surface area contributed by atoms with Crippen LogP contribution in [-0.2, 0) is 0 Å². The van der Waals surface area contributed by atoms with Crippen LogP contribution >= 0.6 is 0 Å². The molecule has 0 heterocycles. The fourth-order valence-electron chi connectivity index (χ4n) is 1.23. The van der Waals surface area contributed by atoms with E-state index in [1.165, 1.54) is 5.57 Å². The van der Waals surface area contributed by atoms with E-state index in [-0.39, 0.29) is 0 Å². The van der Waals surface area contributed by atoms with Gasteiger partial charge in [0.2, 0.25) is 0 Å². The van der Waals surface area contributed by atoms with Crippen molar-refractivity contribution < 1.29 is 4.99 Å². The first-order valence-electron chi connectivity index (χ1n) is 3.76. The SMILES string of the molecule is CCC1=CC=CC1C=[NH+]C. The molecule has 1 atom stereocenters. The smallest absolute Gasteiger partial charge is 0.148 e. The molecule has 0 fully saturated rings. The lowest BCUT2D eigenvalue weighted by Gasteiger charge is -2.00. The third-order valence-corrected chi connectivity index (χ3v) is 1.81. The Morgan fingerprint density at radius 1 is 1.70 bits per heavy atom. The van der Waals surface area contributed by atoms with E-state index in [1.807, 2.05) is 7.05 Å². The van der Waals surface area contributed by atoms with Gasteiger partial charge in [-0.2, -0.15) is 0 Å². The summed E-state index contributed by atoms with van der Waals surface area (Å²) in [7, 11) is 1.94. The van der Waals surface area contributed by atoms with Gasteiger partial charge in [0.25, 0.3) is 0 Å². The molecule has 1 aliphatic carbocycles. The molecule has 54 valence electrons. The summed E-state index contributed by atoms with van der Waals surface area (Å²) in [5.74, 6) is 0.537. The average Bonchev–Trinajstić information content (AvgIpc) is 2.36. The van der Waals surface area contributed by atoms with Gasteiger partial charge in [0.05, 0.1) is 5.92 Å². The van der Waals surface area contributed by atoms with Gasteiger partial charge >= 0.3 is 0 Å². The molecule has 1 nitrogen and oxygen atoms in total. The molecular weight excluding hydrogens is 122 g/mol. The highest BCUT2D eigenvalue weighted by atomic mass is 14.6. The maximum atomic E-state index is 3.06. The lowest BCUT2D eigenvalue weighted by Crippen LogP contribution is -2.64. The van der Waals surface area contributed by atoms with Crippen molar-refractivity contribution in [2.45, 2.75) is 13.3 Å². The van der Waals surface area contributed by atoms with Crippen LogP contribution in [0.1, 0.15) is 13.3 Å². The standard InChI is InChI=1S/C9H13N/c1-3-8-5-4-6-9(8)7-10-2/h4-7,9H,3H2,1-2H3/p+1. The Bertz CT molecular complexity index is 187. The molecule has 0 aromatic heterocycles.